The van der Waals surface area contributed by atoms with Crippen LogP contribution >= 0.6 is 22.6 Å². The molecule has 1 amide bonds. The van der Waals surface area contributed by atoms with Gasteiger partial charge in [-0.25, -0.2) is 4.39 Å². The van der Waals surface area contributed by atoms with Crippen LogP contribution in [0.15, 0.2) is 59.8 Å². The van der Waals surface area contributed by atoms with Crippen molar-refractivity contribution in [2.45, 2.75) is 6.92 Å². The van der Waals surface area contributed by atoms with Crippen molar-refractivity contribution in [1.29, 1.82) is 0 Å². The molecule has 0 atom stereocenters. The van der Waals surface area contributed by atoms with Gasteiger partial charge in [-0.2, -0.15) is 0 Å². The van der Waals surface area contributed by atoms with Crippen LogP contribution in [0, 0.1) is 16.3 Å². The molecule has 0 saturated heterocycles. The number of rotatable bonds is 5. The second kappa shape index (κ2) is 7.95. The van der Waals surface area contributed by atoms with E-state index in [-0.39, 0.29) is 11.3 Å². The van der Waals surface area contributed by atoms with Crippen LogP contribution < -0.4 is 15.8 Å². The second-order valence-corrected chi connectivity index (χ2v) is 7.22. The average molecular weight is 480 g/mol. The first kappa shape index (κ1) is 19.2. The topological polar surface area (TPSA) is 80.5 Å². The molecule has 0 bridgehead atoms. The summed E-state index contributed by atoms with van der Waals surface area (Å²) in [4.78, 5) is 18.1. The Kier molecular flexibility index (Phi) is 5.64. The maximum absolute atomic E-state index is 14.3. The SMILES string of the molecule is Cc1ncccc1OC1=CCN(C)C(Nc2ccc(I)cc2F)=C1C(N)=O. The van der Waals surface area contributed by atoms with Gasteiger partial charge in [0.1, 0.15) is 28.7 Å². The van der Waals surface area contributed by atoms with Gasteiger partial charge in [-0.15, -0.1) is 0 Å². The number of carbonyl (C=O) groups is 1. The van der Waals surface area contributed by atoms with Crippen molar-refractivity contribution in [3.8, 4) is 5.75 Å². The Morgan fingerprint density at radius 3 is 2.85 bits per heavy atom. The number of nitrogens with two attached hydrogens (primary N) is 1. The molecule has 3 N–H and O–H groups in total. The van der Waals surface area contributed by atoms with E-state index in [0.717, 1.165) is 3.57 Å². The summed E-state index contributed by atoms with van der Waals surface area (Å²) < 4.78 is 21.0. The van der Waals surface area contributed by atoms with Crippen molar-refractivity contribution in [2.75, 3.05) is 18.9 Å². The van der Waals surface area contributed by atoms with Gasteiger partial charge in [-0.1, -0.05) is 0 Å². The van der Waals surface area contributed by atoms with E-state index in [4.69, 9.17) is 10.5 Å². The Bertz CT molecular complexity index is 958. The summed E-state index contributed by atoms with van der Waals surface area (Å²) in [5, 5.41) is 2.98. The van der Waals surface area contributed by atoms with Crippen LogP contribution in [-0.2, 0) is 4.79 Å². The molecule has 1 aromatic carbocycles. The van der Waals surface area contributed by atoms with E-state index in [1.165, 1.54) is 6.07 Å². The number of hydrogen-bond acceptors (Lipinski definition) is 5. The summed E-state index contributed by atoms with van der Waals surface area (Å²) in [6.07, 6.45) is 3.41. The van der Waals surface area contributed by atoms with E-state index >= 15 is 0 Å². The van der Waals surface area contributed by atoms with Crippen LogP contribution in [0.2, 0.25) is 0 Å². The van der Waals surface area contributed by atoms with Gasteiger partial charge < -0.3 is 20.7 Å². The van der Waals surface area contributed by atoms with Gasteiger partial charge in [0, 0.05) is 23.4 Å². The van der Waals surface area contributed by atoms with Gasteiger partial charge >= 0.3 is 0 Å². The standard InChI is InChI=1S/C19H18FIN4O2/c1-11-15(4-3-8-23-11)27-16-7-9-25(2)19(17(16)18(22)26)24-14-6-5-12(21)10-13(14)20/h3-8,10,24H,9H2,1-2H3,(H2,22,26). The molecule has 2 aromatic rings. The highest BCUT2D eigenvalue weighted by atomic mass is 127. The number of anilines is 1. The Morgan fingerprint density at radius 2 is 2.19 bits per heavy atom. The van der Waals surface area contributed by atoms with E-state index in [1.807, 2.05) is 22.6 Å². The normalized spacial score (nSPS) is 14.1. The molecule has 0 radical (unpaired) electrons. The van der Waals surface area contributed by atoms with Crippen LogP contribution in [0.1, 0.15) is 5.69 Å². The Balaban J connectivity index is 2.00. The molecule has 1 aliphatic heterocycles. The zero-order chi connectivity index (χ0) is 19.6. The summed E-state index contributed by atoms with van der Waals surface area (Å²) in [6.45, 7) is 2.26. The quantitative estimate of drug-likeness (QED) is 0.643. The molecule has 2 heterocycles. The Morgan fingerprint density at radius 1 is 1.41 bits per heavy atom. The van der Waals surface area contributed by atoms with Gasteiger partial charge in [0.2, 0.25) is 0 Å². The number of hydrogen-bond donors (Lipinski definition) is 2. The van der Waals surface area contributed by atoms with E-state index < -0.39 is 11.7 Å². The first-order valence-electron chi connectivity index (χ1n) is 8.14. The van der Waals surface area contributed by atoms with Gasteiger partial charge in [0.25, 0.3) is 5.91 Å². The Hall–Kier alpha value is -2.62. The minimum absolute atomic E-state index is 0.143. The molecule has 6 nitrogen and oxygen atoms in total. The first-order chi connectivity index (χ1) is 12.9. The predicted molar refractivity (Wildman–Crippen MR) is 109 cm³/mol. The maximum atomic E-state index is 14.3. The number of aryl methyl sites for hydroxylation is 1. The highest BCUT2D eigenvalue weighted by Gasteiger charge is 2.27. The third-order valence-electron chi connectivity index (χ3n) is 4.02. The zero-order valence-corrected chi connectivity index (χ0v) is 17.0. The number of ether oxygens (including phenoxy) is 1. The van der Waals surface area contributed by atoms with E-state index in [1.54, 1.807) is 55.4 Å². The molecule has 140 valence electrons. The molecule has 0 saturated carbocycles. The van der Waals surface area contributed by atoms with Crippen molar-refractivity contribution >= 4 is 34.2 Å². The summed E-state index contributed by atoms with van der Waals surface area (Å²) in [7, 11) is 1.78. The molecule has 0 unspecified atom stereocenters. The van der Waals surface area contributed by atoms with Crippen LogP contribution in [0.25, 0.3) is 0 Å². The largest absolute Gasteiger partial charge is 0.455 e. The van der Waals surface area contributed by atoms with Crippen LogP contribution in [0.3, 0.4) is 0 Å². The fourth-order valence-electron chi connectivity index (χ4n) is 2.62. The summed E-state index contributed by atoms with van der Waals surface area (Å²) in [5.41, 5.74) is 6.69. The highest BCUT2D eigenvalue weighted by molar-refractivity contribution is 14.1. The maximum Gasteiger partial charge on any atom is 0.256 e. The van der Waals surface area contributed by atoms with Crippen LogP contribution in [0.5, 0.6) is 5.75 Å². The van der Waals surface area contributed by atoms with Crippen molar-refractivity contribution in [3.63, 3.8) is 0 Å². The molecule has 27 heavy (non-hydrogen) atoms. The third kappa shape index (κ3) is 4.21. The van der Waals surface area contributed by atoms with E-state index in [2.05, 4.69) is 10.3 Å². The number of primary amides is 1. The van der Waals surface area contributed by atoms with E-state index in [0.29, 0.717) is 29.6 Å². The molecule has 0 fully saturated rings. The fraction of sp³-hybridized carbons (Fsp3) is 0.158. The number of amides is 1. The lowest BCUT2D eigenvalue weighted by molar-refractivity contribution is -0.114. The summed E-state index contributed by atoms with van der Waals surface area (Å²) in [5.74, 6) is 0.105. The number of aromatic nitrogens is 1. The third-order valence-corrected chi connectivity index (χ3v) is 4.70. The van der Waals surface area contributed by atoms with Gasteiger partial charge in [-0.05, 0) is 65.9 Å². The van der Waals surface area contributed by atoms with Crippen molar-refractivity contribution in [3.05, 3.63) is 74.8 Å². The molecule has 1 aromatic heterocycles. The lowest BCUT2D eigenvalue weighted by atomic mass is 10.1. The first-order valence-corrected chi connectivity index (χ1v) is 9.22. The molecule has 0 spiro atoms. The monoisotopic (exact) mass is 480 g/mol. The van der Waals surface area contributed by atoms with Gasteiger partial charge in [0.15, 0.2) is 0 Å². The number of nitrogens with zero attached hydrogens (tertiary/aromatic N) is 2. The molecule has 1 aliphatic rings. The molecular weight excluding hydrogens is 462 g/mol. The minimum Gasteiger partial charge on any atom is -0.455 e. The number of halogens is 2. The zero-order valence-electron chi connectivity index (χ0n) is 14.8. The smallest absolute Gasteiger partial charge is 0.256 e. The molecule has 8 heteroatoms. The summed E-state index contributed by atoms with van der Waals surface area (Å²) >= 11 is 2.03. The summed E-state index contributed by atoms with van der Waals surface area (Å²) in [6, 6.07) is 8.28. The molecular formula is C19H18FIN4O2. The van der Waals surface area contributed by atoms with Gasteiger partial charge in [0.05, 0.1) is 11.4 Å². The van der Waals surface area contributed by atoms with Crippen LogP contribution in [-0.4, -0.2) is 29.4 Å². The Labute approximate surface area is 170 Å². The second-order valence-electron chi connectivity index (χ2n) is 5.97. The number of nitrogens with one attached hydrogen (secondary N) is 1. The fourth-order valence-corrected chi connectivity index (χ4v) is 3.08. The number of likely N-dealkylation sites (N-methyl/N-ethyl adjacent to an activating group) is 1. The average Bonchev–Trinajstić information content (AvgIpc) is 2.61. The number of benzene rings is 1. The van der Waals surface area contributed by atoms with Crippen molar-refractivity contribution in [2.24, 2.45) is 5.73 Å². The minimum atomic E-state index is -0.678. The highest BCUT2D eigenvalue weighted by Crippen LogP contribution is 2.28. The predicted octanol–water partition coefficient (Wildman–Crippen LogP) is 3.15. The molecule has 0 aliphatic carbocycles. The lowest BCUT2D eigenvalue weighted by Crippen LogP contribution is -2.34. The number of pyridine rings is 1. The van der Waals surface area contributed by atoms with Crippen molar-refractivity contribution < 1.29 is 13.9 Å². The molecule has 3 rings (SSSR count). The van der Waals surface area contributed by atoms with E-state index in [9.17, 15) is 9.18 Å². The van der Waals surface area contributed by atoms with Crippen molar-refractivity contribution in [1.82, 2.24) is 9.88 Å². The van der Waals surface area contributed by atoms with Crippen LogP contribution in [0.4, 0.5) is 10.1 Å². The lowest BCUT2D eigenvalue weighted by Gasteiger charge is -2.30. The van der Waals surface area contributed by atoms with Gasteiger partial charge in [-0.3, -0.25) is 9.78 Å². The number of carbonyl (C=O) groups excluding carboxylic acids is 1.